The third-order valence-electron chi connectivity index (χ3n) is 3.37. The average Bonchev–Trinajstić information content (AvgIpc) is 3.00. The molecule has 1 aromatic carbocycles. The van der Waals surface area contributed by atoms with Crippen molar-refractivity contribution in [2.24, 2.45) is 0 Å². The van der Waals surface area contributed by atoms with Crippen molar-refractivity contribution >= 4 is 22.9 Å². The lowest BCUT2D eigenvalue weighted by Gasteiger charge is -2.04. The minimum Gasteiger partial charge on any atom is -0.335 e. The first kappa shape index (κ1) is 13.2. The summed E-state index contributed by atoms with van der Waals surface area (Å²) >= 11 is 1.74. The Balaban J connectivity index is 2.10. The zero-order valence-electron chi connectivity index (χ0n) is 12.1. The number of hydrogen-bond donors (Lipinski definition) is 1. The van der Waals surface area contributed by atoms with Gasteiger partial charge in [0, 0.05) is 16.5 Å². The lowest BCUT2D eigenvalue weighted by atomic mass is 10.2. The third kappa shape index (κ3) is 2.12. The molecule has 5 heteroatoms. The molecule has 0 aliphatic carbocycles. The highest BCUT2D eigenvalue weighted by Crippen LogP contribution is 2.25. The first-order valence-corrected chi connectivity index (χ1v) is 7.92. The smallest absolute Gasteiger partial charge is 0.177 e. The van der Waals surface area contributed by atoms with Crippen LogP contribution in [0.5, 0.6) is 0 Å². The van der Waals surface area contributed by atoms with E-state index in [1.54, 1.807) is 11.8 Å². The maximum absolute atomic E-state index is 4.72. The van der Waals surface area contributed by atoms with Crippen molar-refractivity contribution in [1.29, 1.82) is 0 Å². The molecule has 0 aliphatic rings. The Bertz CT molecular complexity index is 737. The van der Waals surface area contributed by atoms with Crippen LogP contribution in [-0.2, 0) is 0 Å². The molecule has 2 heterocycles. The minimum absolute atomic E-state index is 0.307. The number of H-pyrrole nitrogens is 1. The molecule has 104 valence electrons. The second-order valence-electron chi connectivity index (χ2n) is 5.14. The predicted octanol–water partition coefficient (Wildman–Crippen LogP) is 4.04. The van der Waals surface area contributed by atoms with E-state index in [0.717, 1.165) is 28.2 Å². The SMILES string of the molecule is CSc1ccc(-c2nc3c([nH]2)c(C)nn3C(C)C)cc1. The average molecular weight is 286 g/mol. The summed E-state index contributed by atoms with van der Waals surface area (Å²) in [6.07, 6.45) is 2.08. The van der Waals surface area contributed by atoms with E-state index >= 15 is 0 Å². The summed E-state index contributed by atoms with van der Waals surface area (Å²) in [4.78, 5) is 9.37. The molecular weight excluding hydrogens is 268 g/mol. The monoisotopic (exact) mass is 286 g/mol. The maximum atomic E-state index is 4.72. The van der Waals surface area contributed by atoms with Gasteiger partial charge < -0.3 is 4.98 Å². The molecule has 0 saturated carbocycles. The van der Waals surface area contributed by atoms with Crippen LogP contribution >= 0.6 is 11.8 Å². The molecule has 4 nitrogen and oxygen atoms in total. The first-order valence-electron chi connectivity index (χ1n) is 6.69. The van der Waals surface area contributed by atoms with Crippen molar-refractivity contribution in [2.45, 2.75) is 31.7 Å². The van der Waals surface area contributed by atoms with Crippen molar-refractivity contribution in [3.63, 3.8) is 0 Å². The van der Waals surface area contributed by atoms with E-state index in [1.165, 1.54) is 4.90 Å². The van der Waals surface area contributed by atoms with Crippen LogP contribution in [0, 0.1) is 6.92 Å². The lowest BCUT2D eigenvalue weighted by molar-refractivity contribution is 0.543. The molecule has 2 aromatic heterocycles. The van der Waals surface area contributed by atoms with Gasteiger partial charge in [-0.3, -0.25) is 0 Å². The van der Waals surface area contributed by atoms with Gasteiger partial charge in [0.2, 0.25) is 0 Å². The van der Waals surface area contributed by atoms with E-state index in [4.69, 9.17) is 4.98 Å². The van der Waals surface area contributed by atoms with Crippen LogP contribution in [-0.4, -0.2) is 26.0 Å². The number of benzene rings is 1. The molecule has 0 bridgehead atoms. The Hall–Kier alpha value is -1.75. The van der Waals surface area contributed by atoms with Gasteiger partial charge in [0.05, 0.1) is 5.69 Å². The molecule has 0 spiro atoms. The van der Waals surface area contributed by atoms with Gasteiger partial charge in [0.15, 0.2) is 5.65 Å². The molecule has 0 saturated heterocycles. The summed E-state index contributed by atoms with van der Waals surface area (Å²) in [7, 11) is 0. The van der Waals surface area contributed by atoms with Gasteiger partial charge >= 0.3 is 0 Å². The van der Waals surface area contributed by atoms with E-state index in [1.807, 2.05) is 11.6 Å². The van der Waals surface area contributed by atoms with E-state index in [9.17, 15) is 0 Å². The highest BCUT2D eigenvalue weighted by Gasteiger charge is 2.15. The fraction of sp³-hybridized carbons (Fsp3) is 0.333. The van der Waals surface area contributed by atoms with Gasteiger partial charge in [-0.15, -0.1) is 11.8 Å². The number of thioether (sulfide) groups is 1. The van der Waals surface area contributed by atoms with Crippen LogP contribution in [0.2, 0.25) is 0 Å². The highest BCUT2D eigenvalue weighted by atomic mass is 32.2. The fourth-order valence-corrected chi connectivity index (χ4v) is 2.69. The molecule has 1 N–H and O–H groups in total. The summed E-state index contributed by atoms with van der Waals surface area (Å²) in [5.41, 5.74) is 4.06. The summed E-state index contributed by atoms with van der Waals surface area (Å²) in [6, 6.07) is 8.75. The van der Waals surface area contributed by atoms with Crippen LogP contribution in [0.15, 0.2) is 29.2 Å². The molecule has 0 atom stereocenters. The van der Waals surface area contributed by atoms with Gasteiger partial charge in [0.1, 0.15) is 11.3 Å². The van der Waals surface area contributed by atoms with Gasteiger partial charge in [-0.1, -0.05) is 12.1 Å². The number of aryl methyl sites for hydroxylation is 1. The Morgan fingerprint density at radius 3 is 2.50 bits per heavy atom. The number of nitrogens with zero attached hydrogens (tertiary/aromatic N) is 3. The number of fused-ring (bicyclic) bond motifs is 1. The molecule has 0 fully saturated rings. The molecule has 3 rings (SSSR count). The number of aromatic amines is 1. The number of aromatic nitrogens is 4. The maximum Gasteiger partial charge on any atom is 0.177 e. The summed E-state index contributed by atoms with van der Waals surface area (Å²) in [5, 5.41) is 4.53. The van der Waals surface area contributed by atoms with Crippen LogP contribution in [0.3, 0.4) is 0 Å². The Morgan fingerprint density at radius 1 is 1.20 bits per heavy atom. The van der Waals surface area contributed by atoms with E-state index < -0.39 is 0 Å². The Morgan fingerprint density at radius 2 is 1.90 bits per heavy atom. The Kier molecular flexibility index (Phi) is 3.30. The van der Waals surface area contributed by atoms with E-state index in [2.05, 4.69) is 54.5 Å². The summed E-state index contributed by atoms with van der Waals surface area (Å²) in [6.45, 7) is 6.25. The molecule has 0 aliphatic heterocycles. The van der Waals surface area contributed by atoms with E-state index in [0.29, 0.717) is 6.04 Å². The zero-order valence-corrected chi connectivity index (χ0v) is 13.0. The molecule has 0 unspecified atom stereocenters. The summed E-state index contributed by atoms with van der Waals surface area (Å²) < 4.78 is 1.97. The molecule has 3 aromatic rings. The van der Waals surface area contributed by atoms with Crippen LogP contribution in [0.25, 0.3) is 22.6 Å². The molecule has 0 radical (unpaired) electrons. The predicted molar refractivity (Wildman–Crippen MR) is 84.2 cm³/mol. The third-order valence-corrected chi connectivity index (χ3v) is 4.12. The number of hydrogen-bond acceptors (Lipinski definition) is 3. The van der Waals surface area contributed by atoms with Gasteiger partial charge in [-0.2, -0.15) is 5.10 Å². The number of rotatable bonds is 3. The topological polar surface area (TPSA) is 46.5 Å². The van der Waals surface area contributed by atoms with E-state index in [-0.39, 0.29) is 0 Å². The second-order valence-corrected chi connectivity index (χ2v) is 6.02. The Labute approximate surface area is 122 Å². The fourth-order valence-electron chi connectivity index (χ4n) is 2.29. The second kappa shape index (κ2) is 4.98. The number of imidazole rings is 1. The quantitative estimate of drug-likeness (QED) is 0.739. The first-order chi connectivity index (χ1) is 9.60. The largest absolute Gasteiger partial charge is 0.335 e. The van der Waals surface area contributed by atoms with Crippen molar-refractivity contribution in [2.75, 3.05) is 6.26 Å². The molecule has 20 heavy (non-hydrogen) atoms. The number of nitrogens with one attached hydrogen (secondary N) is 1. The highest BCUT2D eigenvalue weighted by molar-refractivity contribution is 7.98. The normalized spacial score (nSPS) is 11.7. The lowest BCUT2D eigenvalue weighted by Crippen LogP contribution is -2.03. The van der Waals surface area contributed by atoms with Gasteiger partial charge in [-0.05, 0) is 39.2 Å². The minimum atomic E-state index is 0.307. The van der Waals surface area contributed by atoms with Crippen LogP contribution in [0.1, 0.15) is 25.6 Å². The standard InChI is InChI=1S/C15H18N4S/c1-9(2)19-15-13(10(3)18-19)16-14(17-15)11-5-7-12(20-4)8-6-11/h5-9H,1-4H3,(H,16,17). The summed E-state index contributed by atoms with van der Waals surface area (Å²) in [5.74, 6) is 0.905. The van der Waals surface area contributed by atoms with Crippen molar-refractivity contribution in [1.82, 2.24) is 19.7 Å². The van der Waals surface area contributed by atoms with Crippen molar-refractivity contribution in [3.05, 3.63) is 30.0 Å². The van der Waals surface area contributed by atoms with Gasteiger partial charge in [-0.25, -0.2) is 9.67 Å². The van der Waals surface area contributed by atoms with Crippen molar-refractivity contribution in [3.8, 4) is 11.4 Å². The zero-order chi connectivity index (χ0) is 14.3. The molecule has 0 amide bonds. The van der Waals surface area contributed by atoms with Gasteiger partial charge in [0.25, 0.3) is 0 Å². The van der Waals surface area contributed by atoms with Crippen LogP contribution < -0.4 is 0 Å². The molecular formula is C15H18N4S. The van der Waals surface area contributed by atoms with Crippen molar-refractivity contribution < 1.29 is 0 Å². The van der Waals surface area contributed by atoms with Crippen LogP contribution in [0.4, 0.5) is 0 Å².